The number of carboxylic acid groups (broad SMARTS) is 1. The van der Waals surface area contributed by atoms with Gasteiger partial charge in [0.1, 0.15) is 11.3 Å². The number of nitrogens with two attached hydrogens (primary N) is 1. The Kier molecular flexibility index (Phi) is 7.84. The predicted molar refractivity (Wildman–Crippen MR) is 106 cm³/mol. The van der Waals surface area contributed by atoms with Gasteiger partial charge in [-0.05, 0) is 24.5 Å². The monoisotopic (exact) mass is 432 g/mol. The quantitative estimate of drug-likeness (QED) is 0.356. The lowest BCUT2D eigenvalue weighted by Crippen LogP contribution is -2.36. The van der Waals surface area contributed by atoms with Gasteiger partial charge in [-0.15, -0.1) is 0 Å². The van der Waals surface area contributed by atoms with Crippen molar-refractivity contribution in [3.63, 3.8) is 0 Å². The predicted octanol–water partition coefficient (Wildman–Crippen LogP) is -0.0317. The van der Waals surface area contributed by atoms with Crippen LogP contribution in [0.15, 0.2) is 6.07 Å². The van der Waals surface area contributed by atoms with E-state index in [4.69, 9.17) is 22.1 Å². The zero-order valence-electron chi connectivity index (χ0n) is 15.2. The number of carbonyl (C=O) groups excluding carboxylic acids is 1. The largest absolute Gasteiger partial charge is 0.507 e. The van der Waals surface area contributed by atoms with Gasteiger partial charge in [-0.25, -0.2) is 4.79 Å². The minimum atomic E-state index is -1.80. The molecule has 2 atom stereocenters. The molecule has 1 aromatic carbocycles. The maximum absolute atomic E-state index is 12.2. The standard InChI is InChI=1S/C16H22BClN2O7S/c1-27-15-10(18)4-8(14(22)13(15)16(23)24)5-11(17(25)26)28-7-12(21)20-3-2-9(19)6-20/h4,9,11,22,25-26H,2-3,5-7,19H2,1H3,(H,23,24)/t9?,11-/m0/s1. The van der Waals surface area contributed by atoms with Crippen molar-refractivity contribution in [1.82, 2.24) is 4.90 Å². The van der Waals surface area contributed by atoms with Crippen molar-refractivity contribution in [1.29, 1.82) is 0 Å². The smallest absolute Gasteiger partial charge is 0.465 e. The summed E-state index contributed by atoms with van der Waals surface area (Å²) in [6.07, 6.45) is 0.601. The number of thioether (sulfide) groups is 1. The highest BCUT2D eigenvalue weighted by atomic mass is 35.5. The molecule has 28 heavy (non-hydrogen) atoms. The van der Waals surface area contributed by atoms with Crippen LogP contribution in [0.2, 0.25) is 5.02 Å². The van der Waals surface area contributed by atoms with E-state index in [9.17, 15) is 29.9 Å². The Labute approximate surface area is 171 Å². The molecule has 0 aromatic heterocycles. The minimum absolute atomic E-state index is 0.00849. The average Bonchev–Trinajstić information content (AvgIpc) is 3.06. The fourth-order valence-corrected chi connectivity index (χ4v) is 4.29. The Morgan fingerprint density at radius 3 is 2.68 bits per heavy atom. The highest BCUT2D eigenvalue weighted by Gasteiger charge is 2.31. The number of hydrogen-bond acceptors (Lipinski definition) is 8. The van der Waals surface area contributed by atoms with Crippen molar-refractivity contribution in [3.05, 3.63) is 22.2 Å². The van der Waals surface area contributed by atoms with Gasteiger partial charge in [0.2, 0.25) is 5.91 Å². The van der Waals surface area contributed by atoms with Crippen molar-refractivity contribution >= 4 is 42.4 Å². The van der Waals surface area contributed by atoms with Crippen LogP contribution in [0.3, 0.4) is 0 Å². The molecule has 6 N–H and O–H groups in total. The van der Waals surface area contributed by atoms with Crippen molar-refractivity contribution < 1.29 is 34.6 Å². The maximum atomic E-state index is 12.2. The second kappa shape index (κ2) is 9.70. The number of aromatic carboxylic acids is 1. The molecular formula is C16H22BClN2O7S. The summed E-state index contributed by atoms with van der Waals surface area (Å²) in [5.41, 5.74) is 5.37. The molecule has 1 aliphatic heterocycles. The highest BCUT2D eigenvalue weighted by Crippen LogP contribution is 2.39. The molecule has 0 aliphatic carbocycles. The number of aromatic hydroxyl groups is 1. The number of nitrogens with zero attached hydrogens (tertiary/aromatic N) is 1. The Bertz CT molecular complexity index is 752. The van der Waals surface area contributed by atoms with E-state index < -0.39 is 29.5 Å². The van der Waals surface area contributed by atoms with Crippen molar-refractivity contribution in [2.75, 3.05) is 26.0 Å². The van der Waals surface area contributed by atoms with Crippen LogP contribution in [0.5, 0.6) is 11.5 Å². The Hall–Kier alpha value is -1.66. The number of ether oxygens (including phenoxy) is 1. The molecule has 0 spiro atoms. The molecule has 154 valence electrons. The first-order valence-electron chi connectivity index (χ1n) is 8.48. The van der Waals surface area contributed by atoms with Crippen LogP contribution in [-0.2, 0) is 11.2 Å². The molecular weight excluding hydrogens is 411 g/mol. The summed E-state index contributed by atoms with van der Waals surface area (Å²) < 4.78 is 4.93. The zero-order valence-corrected chi connectivity index (χ0v) is 16.7. The fourth-order valence-electron chi connectivity index (χ4n) is 2.98. The minimum Gasteiger partial charge on any atom is -0.507 e. The number of amides is 1. The molecule has 1 amide bonds. The molecule has 1 saturated heterocycles. The zero-order chi connectivity index (χ0) is 21.0. The number of carboxylic acids is 1. The van der Waals surface area contributed by atoms with Crippen molar-refractivity contribution in [2.45, 2.75) is 24.0 Å². The Morgan fingerprint density at radius 2 is 2.18 bits per heavy atom. The summed E-state index contributed by atoms with van der Waals surface area (Å²) in [7, 11) is -0.578. The lowest BCUT2D eigenvalue weighted by molar-refractivity contribution is -0.127. The van der Waals surface area contributed by atoms with Gasteiger partial charge in [0.25, 0.3) is 0 Å². The summed E-state index contributed by atoms with van der Waals surface area (Å²) in [6.45, 7) is 1.02. The molecule has 2 rings (SSSR count). The molecule has 1 fully saturated rings. The van der Waals surface area contributed by atoms with Gasteiger partial charge in [0, 0.05) is 24.3 Å². The fraction of sp³-hybridized carbons (Fsp3) is 0.500. The topological polar surface area (TPSA) is 154 Å². The lowest BCUT2D eigenvalue weighted by Gasteiger charge is -2.20. The van der Waals surface area contributed by atoms with Gasteiger partial charge >= 0.3 is 13.1 Å². The number of phenols is 1. The van der Waals surface area contributed by atoms with Crippen LogP contribution >= 0.6 is 23.4 Å². The first kappa shape index (κ1) is 22.6. The van der Waals surface area contributed by atoms with Crippen LogP contribution in [0.1, 0.15) is 22.3 Å². The summed E-state index contributed by atoms with van der Waals surface area (Å²) in [6, 6.07) is 1.25. The molecule has 1 unspecified atom stereocenters. The van der Waals surface area contributed by atoms with Crippen LogP contribution in [0.25, 0.3) is 0 Å². The van der Waals surface area contributed by atoms with E-state index in [0.29, 0.717) is 13.1 Å². The molecule has 9 nitrogen and oxygen atoms in total. The number of benzene rings is 1. The van der Waals surface area contributed by atoms with Gasteiger partial charge in [0.15, 0.2) is 5.75 Å². The summed E-state index contributed by atoms with van der Waals surface area (Å²) in [5, 5.41) is 38.1. The van der Waals surface area contributed by atoms with Crippen LogP contribution in [0, 0.1) is 0 Å². The van der Waals surface area contributed by atoms with Gasteiger partial charge < -0.3 is 35.6 Å². The van der Waals surface area contributed by atoms with E-state index in [-0.39, 0.29) is 40.5 Å². The van der Waals surface area contributed by atoms with Crippen molar-refractivity contribution in [2.24, 2.45) is 5.73 Å². The third-order valence-electron chi connectivity index (χ3n) is 4.46. The number of carbonyl (C=O) groups is 2. The molecule has 1 aliphatic rings. The van der Waals surface area contributed by atoms with E-state index >= 15 is 0 Å². The van der Waals surface area contributed by atoms with E-state index in [2.05, 4.69) is 0 Å². The van der Waals surface area contributed by atoms with Crippen LogP contribution < -0.4 is 10.5 Å². The molecule has 0 saturated carbocycles. The highest BCUT2D eigenvalue weighted by molar-refractivity contribution is 8.01. The van der Waals surface area contributed by atoms with Gasteiger partial charge in [-0.3, -0.25) is 4.79 Å². The molecule has 1 heterocycles. The first-order valence-corrected chi connectivity index (χ1v) is 9.91. The Morgan fingerprint density at radius 1 is 1.50 bits per heavy atom. The van der Waals surface area contributed by atoms with Crippen LogP contribution in [-0.4, -0.2) is 81.3 Å². The maximum Gasteiger partial charge on any atom is 0.465 e. The number of rotatable bonds is 8. The van der Waals surface area contributed by atoms with E-state index in [1.54, 1.807) is 4.90 Å². The second-order valence-electron chi connectivity index (χ2n) is 6.44. The number of likely N-dealkylation sites (tertiary alicyclic amines) is 1. The molecule has 12 heteroatoms. The van der Waals surface area contributed by atoms with Crippen LogP contribution in [0.4, 0.5) is 0 Å². The van der Waals surface area contributed by atoms with Crippen molar-refractivity contribution in [3.8, 4) is 11.5 Å². The third kappa shape index (κ3) is 5.23. The van der Waals surface area contributed by atoms with E-state index in [1.165, 1.54) is 13.2 Å². The van der Waals surface area contributed by atoms with E-state index in [0.717, 1.165) is 18.2 Å². The molecule has 0 radical (unpaired) electrons. The third-order valence-corrected chi connectivity index (χ3v) is 5.99. The number of hydrogen-bond donors (Lipinski definition) is 5. The summed E-state index contributed by atoms with van der Waals surface area (Å²) in [4.78, 5) is 25.3. The average molecular weight is 433 g/mol. The molecule has 0 bridgehead atoms. The van der Waals surface area contributed by atoms with E-state index in [1.807, 2.05) is 0 Å². The number of methoxy groups -OCH3 is 1. The normalized spacial score (nSPS) is 17.5. The van der Waals surface area contributed by atoms with Gasteiger partial charge in [-0.1, -0.05) is 11.6 Å². The Balaban J connectivity index is 2.16. The lowest BCUT2D eigenvalue weighted by atomic mass is 9.81. The second-order valence-corrected chi connectivity index (χ2v) is 8.07. The van der Waals surface area contributed by atoms with Gasteiger partial charge in [0.05, 0.1) is 17.9 Å². The first-order chi connectivity index (χ1) is 13.1. The molecule has 1 aromatic rings. The summed E-state index contributed by atoms with van der Waals surface area (Å²) >= 11 is 7.03. The SMILES string of the molecule is COc1c(Cl)cc(C[C@H](SCC(=O)N2CCC(N)C2)B(O)O)c(O)c1C(=O)O. The number of halogens is 1. The van der Waals surface area contributed by atoms with Gasteiger partial charge in [-0.2, -0.15) is 11.8 Å². The summed E-state index contributed by atoms with van der Waals surface area (Å²) in [5.74, 6) is -2.38.